The lowest BCUT2D eigenvalue weighted by molar-refractivity contribution is 0.0784. The van der Waals surface area contributed by atoms with E-state index in [0.717, 1.165) is 51.6 Å². The highest BCUT2D eigenvalue weighted by Gasteiger charge is 2.43. The van der Waals surface area contributed by atoms with Crippen LogP contribution in [0.1, 0.15) is 56.6 Å². The summed E-state index contributed by atoms with van der Waals surface area (Å²) in [5, 5.41) is 2.55. The number of anilines is 3. The summed E-state index contributed by atoms with van der Waals surface area (Å²) in [4.78, 5) is 2.39. The van der Waals surface area contributed by atoms with Gasteiger partial charge in [0.25, 0.3) is 0 Å². The standard InChI is InChI=1S/C60H54N2O/c1-40-35-47-37-41(2)38-48(36-40)60(47)55-34-33-52(39-59(55)63-58-20-12-7-13-42(58)3)61(49-27-21-44(22-28-49)43-14-5-4-6-15-43)50-29-23-45(24-30-50)46-25-31-51(32-26-46)62-56-18-10-8-16-53(56)54-17-9-11-19-57(54)62/h4-34,39-41,47-48,60H,35-38H2,1-3H3. The van der Waals surface area contributed by atoms with E-state index < -0.39 is 0 Å². The highest BCUT2D eigenvalue weighted by atomic mass is 16.5. The molecular formula is C60H54N2O. The molecule has 0 atom stereocenters. The predicted octanol–water partition coefficient (Wildman–Crippen LogP) is 16.9. The van der Waals surface area contributed by atoms with Crippen LogP contribution in [0.4, 0.5) is 17.1 Å². The van der Waals surface area contributed by atoms with Crippen LogP contribution < -0.4 is 9.64 Å². The van der Waals surface area contributed by atoms with Crippen LogP contribution in [0, 0.1) is 30.6 Å². The molecule has 0 saturated heterocycles. The van der Waals surface area contributed by atoms with E-state index in [-0.39, 0.29) is 0 Å². The van der Waals surface area contributed by atoms with E-state index in [1.807, 2.05) is 0 Å². The maximum absolute atomic E-state index is 7.08. The van der Waals surface area contributed by atoms with Gasteiger partial charge in [-0.3, -0.25) is 0 Å². The zero-order chi connectivity index (χ0) is 42.4. The van der Waals surface area contributed by atoms with Crippen LogP contribution >= 0.6 is 0 Å². The first kappa shape index (κ1) is 39.0. The second-order valence-corrected chi connectivity index (χ2v) is 18.5. The Bertz CT molecular complexity index is 2950. The molecule has 0 N–H and O–H groups in total. The molecule has 0 aliphatic heterocycles. The molecule has 2 fully saturated rings. The molecule has 2 bridgehead atoms. The van der Waals surface area contributed by atoms with Gasteiger partial charge in [-0.2, -0.15) is 0 Å². The molecule has 9 aromatic rings. The van der Waals surface area contributed by atoms with E-state index in [1.165, 1.54) is 75.3 Å². The second kappa shape index (κ2) is 16.5. The third-order valence-corrected chi connectivity index (χ3v) is 14.2. The van der Waals surface area contributed by atoms with E-state index >= 15 is 0 Å². The molecule has 3 nitrogen and oxygen atoms in total. The van der Waals surface area contributed by atoms with Crippen molar-refractivity contribution in [2.75, 3.05) is 4.90 Å². The zero-order valence-corrected chi connectivity index (χ0v) is 36.5. The normalized spacial score (nSPS) is 19.6. The number of nitrogens with zero attached hydrogens (tertiary/aromatic N) is 2. The molecular weight excluding hydrogens is 765 g/mol. The van der Waals surface area contributed by atoms with Gasteiger partial charge in [0.15, 0.2) is 0 Å². The summed E-state index contributed by atoms with van der Waals surface area (Å²) < 4.78 is 9.46. The van der Waals surface area contributed by atoms with Crippen molar-refractivity contribution in [3.8, 4) is 39.4 Å². The quantitative estimate of drug-likeness (QED) is 0.144. The van der Waals surface area contributed by atoms with Crippen LogP contribution in [0.15, 0.2) is 194 Å². The monoisotopic (exact) mass is 818 g/mol. The van der Waals surface area contributed by atoms with E-state index in [1.54, 1.807) is 0 Å². The number of fused-ring (bicyclic) bond motifs is 5. The molecule has 2 aliphatic rings. The molecule has 310 valence electrons. The van der Waals surface area contributed by atoms with Crippen molar-refractivity contribution < 1.29 is 4.74 Å². The Balaban J connectivity index is 0.983. The Hall–Kier alpha value is -6.84. The van der Waals surface area contributed by atoms with Gasteiger partial charge in [-0.05, 0) is 156 Å². The molecule has 63 heavy (non-hydrogen) atoms. The average Bonchev–Trinajstić information content (AvgIpc) is 3.65. The van der Waals surface area contributed by atoms with Gasteiger partial charge in [-0.1, -0.05) is 141 Å². The first-order valence-corrected chi connectivity index (χ1v) is 23.0. The minimum absolute atomic E-state index is 0.504. The van der Waals surface area contributed by atoms with Gasteiger partial charge in [0, 0.05) is 39.6 Å². The van der Waals surface area contributed by atoms with E-state index in [9.17, 15) is 0 Å². The summed E-state index contributed by atoms with van der Waals surface area (Å²) >= 11 is 0. The first-order chi connectivity index (χ1) is 30.9. The maximum Gasteiger partial charge on any atom is 0.133 e. The van der Waals surface area contributed by atoms with Gasteiger partial charge in [0.05, 0.1) is 11.0 Å². The minimum Gasteiger partial charge on any atom is -0.457 e. The average molecular weight is 819 g/mol. The molecule has 1 heterocycles. The third kappa shape index (κ3) is 7.40. The maximum atomic E-state index is 7.08. The van der Waals surface area contributed by atoms with Crippen molar-refractivity contribution >= 4 is 38.9 Å². The topological polar surface area (TPSA) is 17.4 Å². The largest absolute Gasteiger partial charge is 0.457 e. The van der Waals surface area contributed by atoms with Crippen molar-refractivity contribution in [3.63, 3.8) is 0 Å². The number of aromatic nitrogens is 1. The summed E-state index contributed by atoms with van der Waals surface area (Å²) in [6.45, 7) is 7.08. The smallest absolute Gasteiger partial charge is 0.133 e. The van der Waals surface area contributed by atoms with Crippen LogP contribution in [0.25, 0.3) is 49.7 Å². The molecule has 8 aromatic carbocycles. The van der Waals surface area contributed by atoms with Crippen LogP contribution in [-0.2, 0) is 0 Å². The van der Waals surface area contributed by atoms with Crippen LogP contribution in [-0.4, -0.2) is 4.57 Å². The Kier molecular flexibility index (Phi) is 10.2. The van der Waals surface area contributed by atoms with Crippen molar-refractivity contribution in [1.29, 1.82) is 0 Å². The molecule has 11 rings (SSSR count). The van der Waals surface area contributed by atoms with Gasteiger partial charge in [-0.25, -0.2) is 0 Å². The predicted molar refractivity (Wildman–Crippen MR) is 264 cm³/mol. The summed E-state index contributed by atoms with van der Waals surface area (Å²) in [5.74, 6) is 5.32. The molecule has 0 amide bonds. The van der Waals surface area contributed by atoms with Gasteiger partial charge < -0.3 is 14.2 Å². The highest BCUT2D eigenvalue weighted by Crippen LogP contribution is 2.56. The van der Waals surface area contributed by atoms with E-state index in [0.29, 0.717) is 17.8 Å². The molecule has 2 saturated carbocycles. The lowest BCUT2D eigenvalue weighted by Gasteiger charge is -2.48. The van der Waals surface area contributed by atoms with Crippen LogP contribution in [0.2, 0.25) is 0 Å². The third-order valence-electron chi connectivity index (χ3n) is 14.2. The Labute approximate surface area is 372 Å². The Morgan fingerprint density at radius 1 is 0.444 bits per heavy atom. The Morgan fingerprint density at radius 3 is 1.46 bits per heavy atom. The number of ether oxygens (including phenoxy) is 1. The molecule has 0 unspecified atom stereocenters. The van der Waals surface area contributed by atoms with Gasteiger partial charge >= 0.3 is 0 Å². The highest BCUT2D eigenvalue weighted by molar-refractivity contribution is 6.09. The van der Waals surface area contributed by atoms with Crippen LogP contribution in [0.5, 0.6) is 11.5 Å². The van der Waals surface area contributed by atoms with Crippen molar-refractivity contribution in [3.05, 3.63) is 205 Å². The Morgan fingerprint density at radius 2 is 0.905 bits per heavy atom. The number of para-hydroxylation sites is 3. The zero-order valence-electron chi connectivity index (χ0n) is 36.5. The fraction of sp³-hybridized carbons (Fsp3) is 0.200. The fourth-order valence-corrected chi connectivity index (χ4v) is 11.4. The van der Waals surface area contributed by atoms with E-state index in [2.05, 4.69) is 224 Å². The van der Waals surface area contributed by atoms with E-state index in [4.69, 9.17) is 4.74 Å². The van der Waals surface area contributed by atoms with Gasteiger partial charge in [0.1, 0.15) is 11.5 Å². The molecule has 1 aromatic heterocycles. The second-order valence-electron chi connectivity index (χ2n) is 18.5. The minimum atomic E-state index is 0.504. The molecule has 0 radical (unpaired) electrons. The number of benzene rings is 8. The van der Waals surface area contributed by atoms with Crippen LogP contribution in [0.3, 0.4) is 0 Å². The summed E-state index contributed by atoms with van der Waals surface area (Å²) in [5.41, 5.74) is 14.2. The van der Waals surface area contributed by atoms with Crippen molar-refractivity contribution in [1.82, 2.24) is 4.57 Å². The fourth-order valence-electron chi connectivity index (χ4n) is 11.4. The molecule has 2 aliphatic carbocycles. The number of rotatable bonds is 9. The number of hydrogen-bond donors (Lipinski definition) is 0. The number of hydrogen-bond acceptors (Lipinski definition) is 2. The molecule has 0 spiro atoms. The lowest BCUT2D eigenvalue weighted by atomic mass is 9.57. The summed E-state index contributed by atoms with van der Waals surface area (Å²) in [6, 6.07) is 70.7. The lowest BCUT2D eigenvalue weighted by Crippen LogP contribution is -2.37. The summed E-state index contributed by atoms with van der Waals surface area (Å²) in [7, 11) is 0. The van der Waals surface area contributed by atoms with Crippen molar-refractivity contribution in [2.24, 2.45) is 23.7 Å². The SMILES string of the molecule is Cc1ccccc1Oc1cc(N(c2ccc(-c3ccccc3)cc2)c2ccc(-c3ccc(-n4c5ccccc5c5ccccc54)cc3)cc2)ccc1C1C2CC(C)CC1CC(C)C2. The number of aryl methyl sites for hydroxylation is 1. The first-order valence-electron chi connectivity index (χ1n) is 23.0. The summed E-state index contributed by atoms with van der Waals surface area (Å²) in [6.07, 6.45) is 5.19. The van der Waals surface area contributed by atoms with Crippen molar-refractivity contribution in [2.45, 2.75) is 52.4 Å². The van der Waals surface area contributed by atoms with Gasteiger partial charge in [0.2, 0.25) is 0 Å². The molecule has 3 heteroatoms. The van der Waals surface area contributed by atoms with Gasteiger partial charge in [-0.15, -0.1) is 0 Å².